The van der Waals surface area contributed by atoms with Crippen LogP contribution in [0.3, 0.4) is 0 Å². The minimum atomic E-state index is -0.499. The van der Waals surface area contributed by atoms with E-state index in [0.29, 0.717) is 17.7 Å². The first-order valence-corrected chi connectivity index (χ1v) is 9.45. The third-order valence-corrected chi connectivity index (χ3v) is 4.24. The molecule has 5 heteroatoms. The lowest BCUT2D eigenvalue weighted by atomic mass is 10.1. The van der Waals surface area contributed by atoms with Crippen molar-refractivity contribution in [1.29, 1.82) is 0 Å². The molecule has 0 spiro atoms. The zero-order chi connectivity index (χ0) is 19.5. The molecule has 2 aromatic carbocycles. The maximum atomic E-state index is 13.6. The highest BCUT2D eigenvalue weighted by Crippen LogP contribution is 2.15. The quantitative estimate of drug-likeness (QED) is 0.437. The van der Waals surface area contributed by atoms with E-state index in [0.717, 1.165) is 19.3 Å². The Bertz CT molecular complexity index is 743. The first-order valence-electron chi connectivity index (χ1n) is 9.45. The van der Waals surface area contributed by atoms with Crippen molar-refractivity contribution in [3.63, 3.8) is 0 Å². The second-order valence-electron chi connectivity index (χ2n) is 6.42. The Labute approximate surface area is 159 Å². The molecule has 2 rings (SSSR count). The van der Waals surface area contributed by atoms with Crippen LogP contribution in [0.25, 0.3) is 0 Å². The number of para-hydroxylation sites is 1. The molecule has 27 heavy (non-hydrogen) atoms. The Morgan fingerprint density at radius 2 is 1.52 bits per heavy atom. The number of carbonyl (C=O) groups excluding carboxylic acids is 2. The molecular weight excluding hydrogens is 345 g/mol. The molecule has 0 aliphatic carbocycles. The Balaban J connectivity index is 1.79. The van der Waals surface area contributed by atoms with Gasteiger partial charge in [0.05, 0.1) is 17.9 Å². The lowest BCUT2D eigenvalue weighted by Crippen LogP contribution is -2.13. The number of nitrogens with one attached hydrogen (secondary N) is 1. The zero-order valence-corrected chi connectivity index (χ0v) is 15.7. The van der Waals surface area contributed by atoms with E-state index in [9.17, 15) is 14.0 Å². The maximum Gasteiger partial charge on any atom is 0.338 e. The number of ether oxygens (including phenoxy) is 1. The number of hydrogen-bond acceptors (Lipinski definition) is 3. The van der Waals surface area contributed by atoms with E-state index in [4.69, 9.17) is 4.74 Å². The zero-order valence-electron chi connectivity index (χ0n) is 15.7. The second-order valence-corrected chi connectivity index (χ2v) is 6.42. The van der Waals surface area contributed by atoms with Crippen molar-refractivity contribution >= 4 is 17.6 Å². The predicted molar refractivity (Wildman–Crippen MR) is 104 cm³/mol. The van der Waals surface area contributed by atoms with Crippen LogP contribution in [0.15, 0.2) is 48.5 Å². The third kappa shape index (κ3) is 6.85. The monoisotopic (exact) mass is 371 g/mol. The largest absolute Gasteiger partial charge is 0.462 e. The van der Waals surface area contributed by atoms with Crippen LogP contribution in [-0.4, -0.2) is 18.5 Å². The van der Waals surface area contributed by atoms with Gasteiger partial charge in [-0.1, -0.05) is 51.2 Å². The van der Waals surface area contributed by atoms with Crippen molar-refractivity contribution in [2.45, 2.75) is 45.4 Å². The molecule has 0 fully saturated rings. The number of halogens is 1. The van der Waals surface area contributed by atoms with Gasteiger partial charge in [0.15, 0.2) is 0 Å². The number of unbranched alkanes of at least 4 members (excludes halogenated alkanes) is 5. The van der Waals surface area contributed by atoms with Crippen LogP contribution in [-0.2, 0) is 4.74 Å². The van der Waals surface area contributed by atoms with Gasteiger partial charge in [-0.25, -0.2) is 9.18 Å². The van der Waals surface area contributed by atoms with Crippen molar-refractivity contribution in [3.05, 3.63) is 65.5 Å². The van der Waals surface area contributed by atoms with Gasteiger partial charge in [0.25, 0.3) is 5.91 Å². The van der Waals surface area contributed by atoms with E-state index in [1.807, 2.05) is 0 Å². The van der Waals surface area contributed by atoms with Gasteiger partial charge in [0.1, 0.15) is 5.82 Å². The summed E-state index contributed by atoms with van der Waals surface area (Å²) in [5.41, 5.74) is 0.846. The Kier molecular flexibility index (Phi) is 8.49. The summed E-state index contributed by atoms with van der Waals surface area (Å²) in [6.45, 7) is 2.58. The molecule has 1 amide bonds. The highest BCUT2D eigenvalue weighted by atomic mass is 19.1. The van der Waals surface area contributed by atoms with E-state index < -0.39 is 17.7 Å². The van der Waals surface area contributed by atoms with Crippen LogP contribution in [0, 0.1) is 5.82 Å². The van der Waals surface area contributed by atoms with Crippen molar-refractivity contribution in [3.8, 4) is 0 Å². The molecule has 4 nitrogen and oxygen atoms in total. The van der Waals surface area contributed by atoms with Crippen LogP contribution >= 0.6 is 0 Å². The number of esters is 1. The van der Waals surface area contributed by atoms with Crippen LogP contribution < -0.4 is 5.32 Å². The fraction of sp³-hybridized carbons (Fsp3) is 0.364. The maximum absolute atomic E-state index is 13.6. The molecule has 0 atom stereocenters. The number of benzene rings is 2. The van der Waals surface area contributed by atoms with Gasteiger partial charge in [0, 0.05) is 5.56 Å². The fourth-order valence-electron chi connectivity index (χ4n) is 2.65. The van der Waals surface area contributed by atoms with E-state index >= 15 is 0 Å². The number of hydrogen-bond donors (Lipinski definition) is 1. The normalized spacial score (nSPS) is 10.4. The van der Waals surface area contributed by atoms with E-state index in [1.165, 1.54) is 43.5 Å². The molecule has 0 aliphatic heterocycles. The van der Waals surface area contributed by atoms with Crippen molar-refractivity contribution in [2.24, 2.45) is 0 Å². The first kappa shape index (κ1) is 20.6. The highest BCUT2D eigenvalue weighted by molar-refractivity contribution is 6.04. The summed E-state index contributed by atoms with van der Waals surface area (Å²) < 4.78 is 18.9. The third-order valence-electron chi connectivity index (χ3n) is 4.24. The van der Waals surface area contributed by atoms with E-state index in [2.05, 4.69) is 12.2 Å². The predicted octanol–water partition coefficient (Wildman–Crippen LogP) is 5.60. The molecule has 0 radical (unpaired) electrons. The second kappa shape index (κ2) is 11.1. The SMILES string of the molecule is CCCCCCCCOC(=O)c1ccc(C(=O)Nc2ccccc2F)cc1. The van der Waals surface area contributed by atoms with Crippen molar-refractivity contribution < 1.29 is 18.7 Å². The van der Waals surface area contributed by atoms with Gasteiger partial charge in [-0.2, -0.15) is 0 Å². The minimum absolute atomic E-state index is 0.116. The van der Waals surface area contributed by atoms with Crippen molar-refractivity contribution in [2.75, 3.05) is 11.9 Å². The van der Waals surface area contributed by atoms with E-state index in [1.54, 1.807) is 24.3 Å². The van der Waals surface area contributed by atoms with Crippen molar-refractivity contribution in [1.82, 2.24) is 0 Å². The first-order chi connectivity index (χ1) is 13.1. The van der Waals surface area contributed by atoms with Gasteiger partial charge in [-0.3, -0.25) is 4.79 Å². The summed E-state index contributed by atoms with van der Waals surface area (Å²) in [5, 5.41) is 2.51. The molecule has 1 N–H and O–H groups in total. The highest BCUT2D eigenvalue weighted by Gasteiger charge is 2.11. The lowest BCUT2D eigenvalue weighted by Gasteiger charge is -2.08. The summed E-state index contributed by atoms with van der Waals surface area (Å²) in [5.74, 6) is -1.34. The summed E-state index contributed by atoms with van der Waals surface area (Å²) in [7, 11) is 0. The topological polar surface area (TPSA) is 55.4 Å². The van der Waals surface area contributed by atoms with Gasteiger partial charge >= 0.3 is 5.97 Å². The number of anilines is 1. The minimum Gasteiger partial charge on any atom is -0.462 e. The number of amides is 1. The van der Waals surface area contributed by atoms with Gasteiger partial charge in [0.2, 0.25) is 0 Å². The molecule has 0 bridgehead atoms. The summed E-state index contributed by atoms with van der Waals surface area (Å²) >= 11 is 0. The molecular formula is C22H26FNO3. The van der Waals surface area contributed by atoms with Crippen LogP contribution in [0.5, 0.6) is 0 Å². The summed E-state index contributed by atoms with van der Waals surface area (Å²) in [6.07, 6.45) is 6.76. The molecule has 0 aromatic heterocycles. The molecule has 0 aliphatic rings. The summed E-state index contributed by atoms with van der Waals surface area (Å²) in [4.78, 5) is 24.2. The van der Waals surface area contributed by atoms with Gasteiger partial charge in [-0.15, -0.1) is 0 Å². The van der Waals surface area contributed by atoms with Crippen LogP contribution in [0.1, 0.15) is 66.2 Å². The lowest BCUT2D eigenvalue weighted by molar-refractivity contribution is 0.0497. The molecule has 2 aromatic rings. The van der Waals surface area contributed by atoms with Gasteiger partial charge < -0.3 is 10.1 Å². The Morgan fingerprint density at radius 3 is 2.22 bits per heavy atom. The molecule has 0 saturated carbocycles. The average molecular weight is 371 g/mol. The molecule has 0 unspecified atom stereocenters. The fourth-order valence-corrected chi connectivity index (χ4v) is 2.65. The molecule has 0 saturated heterocycles. The van der Waals surface area contributed by atoms with Gasteiger partial charge in [-0.05, 0) is 42.8 Å². The number of carbonyl (C=O) groups is 2. The van der Waals surface area contributed by atoms with E-state index in [-0.39, 0.29) is 5.69 Å². The standard InChI is InChI=1S/C22H26FNO3/c1-2-3-4-5-6-9-16-27-22(26)18-14-12-17(13-15-18)21(25)24-20-11-8-7-10-19(20)23/h7-8,10-15H,2-6,9,16H2,1H3,(H,24,25). The number of rotatable bonds is 10. The van der Waals surface area contributed by atoms with Crippen LogP contribution in [0.4, 0.5) is 10.1 Å². The summed E-state index contributed by atoms with van der Waals surface area (Å²) in [6, 6.07) is 12.1. The Hall–Kier alpha value is -2.69. The smallest absolute Gasteiger partial charge is 0.338 e. The van der Waals surface area contributed by atoms with Crippen LogP contribution in [0.2, 0.25) is 0 Å². The molecule has 144 valence electrons. The molecule has 0 heterocycles. The Morgan fingerprint density at radius 1 is 0.889 bits per heavy atom. The average Bonchev–Trinajstić information content (AvgIpc) is 2.69.